The fourth-order valence-corrected chi connectivity index (χ4v) is 0.968. The number of hydrogen-bond donors (Lipinski definition) is 1. The van der Waals surface area contributed by atoms with E-state index in [1.807, 2.05) is 0 Å². The van der Waals surface area contributed by atoms with Crippen molar-refractivity contribution in [2.75, 3.05) is 5.73 Å². The van der Waals surface area contributed by atoms with Crippen molar-refractivity contribution >= 4 is 22.5 Å². The monoisotopic (exact) mass is 206 g/mol. The van der Waals surface area contributed by atoms with Gasteiger partial charge in [-0.3, -0.25) is 9.78 Å². The number of alkyl halides is 2. The Morgan fingerprint density at radius 2 is 2.15 bits per heavy atom. The van der Waals surface area contributed by atoms with E-state index in [-0.39, 0.29) is 11.3 Å². The lowest BCUT2D eigenvalue weighted by atomic mass is 10.1. The second-order valence-electron chi connectivity index (χ2n) is 2.26. The van der Waals surface area contributed by atoms with Crippen molar-refractivity contribution in [1.29, 1.82) is 0 Å². The zero-order valence-electron chi connectivity index (χ0n) is 6.30. The number of carbonyl (C=O) groups excluding carboxylic acids is 1. The number of aromatic nitrogens is 1. The van der Waals surface area contributed by atoms with Crippen LogP contribution in [-0.4, -0.2) is 10.2 Å². The van der Waals surface area contributed by atoms with E-state index in [1.54, 1.807) is 0 Å². The Labute approximate surface area is 77.5 Å². The Bertz CT molecular complexity index is 343. The molecule has 0 amide bonds. The minimum absolute atomic E-state index is 0.195. The number of rotatable bonds is 2. The predicted molar refractivity (Wildman–Crippen MR) is 43.8 cm³/mol. The summed E-state index contributed by atoms with van der Waals surface area (Å²) in [5.41, 5.74) is 4.27. The third-order valence-electron chi connectivity index (χ3n) is 1.47. The summed E-state index contributed by atoms with van der Waals surface area (Å²) in [6.45, 7) is 0. The summed E-state index contributed by atoms with van der Waals surface area (Å²) in [6.07, 6.45) is -0.802. The highest BCUT2D eigenvalue weighted by molar-refractivity contribution is 6.68. The normalized spacial score (nSPS) is 10.5. The molecule has 1 aromatic rings. The molecule has 13 heavy (non-hydrogen) atoms. The van der Waals surface area contributed by atoms with Crippen molar-refractivity contribution in [2.24, 2.45) is 0 Å². The van der Waals surface area contributed by atoms with Gasteiger partial charge in [-0.2, -0.15) is 0 Å². The van der Waals surface area contributed by atoms with Crippen molar-refractivity contribution in [2.45, 2.75) is 6.43 Å². The van der Waals surface area contributed by atoms with Gasteiger partial charge in [0.1, 0.15) is 0 Å². The van der Waals surface area contributed by atoms with Crippen LogP contribution in [0.3, 0.4) is 0 Å². The lowest BCUT2D eigenvalue weighted by Crippen LogP contribution is -2.03. The average Bonchev–Trinajstić information content (AvgIpc) is 2.03. The zero-order chi connectivity index (χ0) is 10.0. The minimum Gasteiger partial charge on any atom is -0.398 e. The van der Waals surface area contributed by atoms with Gasteiger partial charge in [0.15, 0.2) is 0 Å². The summed E-state index contributed by atoms with van der Waals surface area (Å²) in [6, 6.07) is 0. The molecular weight excluding hydrogens is 202 g/mol. The number of hydrogen-bond acceptors (Lipinski definition) is 3. The molecule has 6 heteroatoms. The fourth-order valence-electron chi connectivity index (χ4n) is 0.817. The number of carbonyl (C=O) groups is 1. The van der Waals surface area contributed by atoms with E-state index in [1.165, 1.54) is 0 Å². The lowest BCUT2D eigenvalue weighted by Gasteiger charge is -2.05. The Kier molecular flexibility index (Phi) is 2.77. The first kappa shape index (κ1) is 9.85. The molecular formula is C7H5ClF2N2O. The van der Waals surface area contributed by atoms with Gasteiger partial charge >= 0.3 is 0 Å². The quantitative estimate of drug-likeness (QED) is 0.753. The molecule has 2 N–H and O–H groups in total. The van der Waals surface area contributed by atoms with Crippen molar-refractivity contribution in [3.8, 4) is 0 Å². The van der Waals surface area contributed by atoms with Crippen LogP contribution in [0.15, 0.2) is 12.4 Å². The second-order valence-corrected chi connectivity index (χ2v) is 2.61. The van der Waals surface area contributed by atoms with Gasteiger partial charge in [0, 0.05) is 12.4 Å². The highest BCUT2D eigenvalue weighted by atomic mass is 35.5. The molecule has 1 rings (SSSR count). The third-order valence-corrected chi connectivity index (χ3v) is 1.67. The number of pyridine rings is 1. The van der Waals surface area contributed by atoms with Crippen molar-refractivity contribution in [1.82, 2.24) is 4.98 Å². The maximum absolute atomic E-state index is 12.2. The Hall–Kier alpha value is -1.23. The van der Waals surface area contributed by atoms with Crippen LogP contribution in [0.4, 0.5) is 14.5 Å². The van der Waals surface area contributed by atoms with E-state index in [2.05, 4.69) is 4.98 Å². The first-order valence-electron chi connectivity index (χ1n) is 3.25. The number of anilines is 1. The van der Waals surface area contributed by atoms with E-state index in [0.717, 1.165) is 12.4 Å². The molecule has 0 fully saturated rings. The van der Waals surface area contributed by atoms with Crippen LogP contribution in [0.25, 0.3) is 0 Å². The highest BCUT2D eigenvalue weighted by Crippen LogP contribution is 2.26. The molecule has 0 aliphatic carbocycles. The summed E-state index contributed by atoms with van der Waals surface area (Å²) in [7, 11) is 0. The predicted octanol–water partition coefficient (Wildman–Crippen LogP) is 1.98. The fraction of sp³-hybridized carbons (Fsp3) is 0.143. The smallest absolute Gasteiger partial charge is 0.267 e. The van der Waals surface area contributed by atoms with Gasteiger partial charge in [0.05, 0.1) is 16.8 Å². The van der Waals surface area contributed by atoms with Gasteiger partial charge < -0.3 is 5.73 Å². The summed E-state index contributed by atoms with van der Waals surface area (Å²) >= 11 is 5.08. The maximum Gasteiger partial charge on any atom is 0.267 e. The molecule has 70 valence electrons. The van der Waals surface area contributed by atoms with Gasteiger partial charge in [-0.1, -0.05) is 0 Å². The standard InChI is InChI=1S/C7H5ClF2N2O/c8-6(13)3-1-12-2-4(5(3)11)7(9)10/h1-2,7H,(H2,11,12). The molecule has 0 saturated carbocycles. The largest absolute Gasteiger partial charge is 0.398 e. The van der Waals surface area contributed by atoms with E-state index in [9.17, 15) is 13.6 Å². The average molecular weight is 207 g/mol. The molecule has 0 spiro atoms. The lowest BCUT2D eigenvalue weighted by molar-refractivity contribution is 0.108. The zero-order valence-corrected chi connectivity index (χ0v) is 7.05. The number of halogens is 3. The molecule has 0 aromatic carbocycles. The SMILES string of the molecule is Nc1c(C(=O)Cl)cncc1C(F)F. The van der Waals surface area contributed by atoms with Gasteiger partial charge in [-0.15, -0.1) is 0 Å². The molecule has 0 aliphatic rings. The van der Waals surface area contributed by atoms with Crippen LogP contribution in [0.5, 0.6) is 0 Å². The van der Waals surface area contributed by atoms with E-state index < -0.39 is 17.2 Å². The van der Waals surface area contributed by atoms with E-state index in [0.29, 0.717) is 0 Å². The van der Waals surface area contributed by atoms with Crippen LogP contribution in [0, 0.1) is 0 Å². The van der Waals surface area contributed by atoms with Crippen LogP contribution >= 0.6 is 11.6 Å². The summed E-state index contributed by atoms with van der Waals surface area (Å²) < 4.78 is 24.4. The third kappa shape index (κ3) is 1.92. The molecule has 1 heterocycles. The Morgan fingerprint density at radius 3 is 2.62 bits per heavy atom. The molecule has 0 unspecified atom stereocenters. The van der Waals surface area contributed by atoms with Crippen LogP contribution in [0.2, 0.25) is 0 Å². The van der Waals surface area contributed by atoms with Gasteiger partial charge in [-0.25, -0.2) is 8.78 Å². The number of nitrogens with two attached hydrogens (primary N) is 1. The highest BCUT2D eigenvalue weighted by Gasteiger charge is 2.17. The number of nitrogens with zero attached hydrogens (tertiary/aromatic N) is 1. The van der Waals surface area contributed by atoms with Crippen LogP contribution in [0.1, 0.15) is 22.3 Å². The van der Waals surface area contributed by atoms with Crippen molar-refractivity contribution in [3.63, 3.8) is 0 Å². The Balaban J connectivity index is 3.26. The summed E-state index contributed by atoms with van der Waals surface area (Å²) in [5, 5.41) is -0.896. The Morgan fingerprint density at radius 1 is 1.54 bits per heavy atom. The maximum atomic E-state index is 12.2. The first-order valence-corrected chi connectivity index (χ1v) is 3.63. The number of nitrogen functional groups attached to an aromatic ring is 1. The second kappa shape index (κ2) is 3.66. The minimum atomic E-state index is -2.76. The molecule has 3 nitrogen and oxygen atoms in total. The van der Waals surface area contributed by atoms with Crippen molar-refractivity contribution < 1.29 is 13.6 Å². The molecule has 1 aromatic heterocycles. The van der Waals surface area contributed by atoms with Gasteiger partial charge in [0.25, 0.3) is 11.7 Å². The molecule has 0 atom stereocenters. The van der Waals surface area contributed by atoms with Crippen LogP contribution < -0.4 is 5.73 Å². The van der Waals surface area contributed by atoms with Crippen molar-refractivity contribution in [3.05, 3.63) is 23.5 Å². The van der Waals surface area contributed by atoms with Gasteiger partial charge in [0.2, 0.25) is 0 Å². The first-order chi connectivity index (χ1) is 6.04. The summed E-state index contributed by atoms with van der Waals surface area (Å²) in [4.78, 5) is 14.1. The molecule has 0 saturated heterocycles. The van der Waals surface area contributed by atoms with E-state index in [4.69, 9.17) is 17.3 Å². The molecule has 0 radical (unpaired) electrons. The summed E-state index contributed by atoms with van der Waals surface area (Å²) in [5.74, 6) is 0. The topological polar surface area (TPSA) is 56.0 Å². The molecule has 0 bridgehead atoms. The van der Waals surface area contributed by atoms with E-state index >= 15 is 0 Å². The van der Waals surface area contributed by atoms with Crippen LogP contribution in [-0.2, 0) is 0 Å². The van der Waals surface area contributed by atoms with Gasteiger partial charge in [-0.05, 0) is 11.6 Å². The molecule has 0 aliphatic heterocycles.